The summed E-state index contributed by atoms with van der Waals surface area (Å²) in [5.74, 6) is -0.372. The SMILES string of the molecule is CC1c2ccccc2CCN1C(=O)c1cc(N(C)C)c2nc(-c3ccc(Br)cc3F)cn2c1. The van der Waals surface area contributed by atoms with E-state index in [9.17, 15) is 9.18 Å². The van der Waals surface area contributed by atoms with Gasteiger partial charge in [-0.15, -0.1) is 0 Å². The van der Waals surface area contributed by atoms with Crippen molar-refractivity contribution in [2.24, 2.45) is 0 Å². The van der Waals surface area contributed by atoms with Crippen LogP contribution in [0.4, 0.5) is 10.1 Å². The van der Waals surface area contributed by atoms with Crippen LogP contribution in [0.5, 0.6) is 0 Å². The van der Waals surface area contributed by atoms with Crippen LogP contribution in [0, 0.1) is 5.82 Å². The van der Waals surface area contributed by atoms with Crippen molar-refractivity contribution in [3.63, 3.8) is 0 Å². The molecule has 0 spiro atoms. The van der Waals surface area contributed by atoms with Gasteiger partial charge in [0, 0.05) is 43.1 Å². The van der Waals surface area contributed by atoms with Gasteiger partial charge in [-0.3, -0.25) is 4.79 Å². The zero-order chi connectivity index (χ0) is 23.3. The smallest absolute Gasteiger partial charge is 0.255 e. The monoisotopic (exact) mass is 506 g/mol. The number of carbonyl (C=O) groups is 1. The van der Waals surface area contributed by atoms with Crippen molar-refractivity contribution in [1.82, 2.24) is 14.3 Å². The second-order valence-electron chi connectivity index (χ2n) is 8.61. The van der Waals surface area contributed by atoms with E-state index in [1.165, 1.54) is 17.2 Å². The first kappa shape index (κ1) is 21.6. The highest BCUT2D eigenvalue weighted by Gasteiger charge is 2.29. The largest absolute Gasteiger partial charge is 0.375 e. The average Bonchev–Trinajstić information content (AvgIpc) is 3.22. The van der Waals surface area contributed by atoms with E-state index >= 15 is 0 Å². The van der Waals surface area contributed by atoms with Crippen LogP contribution in [0.25, 0.3) is 16.9 Å². The maximum Gasteiger partial charge on any atom is 0.255 e. The molecule has 0 radical (unpaired) electrons. The molecule has 168 valence electrons. The minimum atomic E-state index is -0.351. The maximum absolute atomic E-state index is 14.6. The van der Waals surface area contributed by atoms with E-state index in [2.05, 4.69) is 35.0 Å². The Labute approximate surface area is 200 Å². The zero-order valence-electron chi connectivity index (χ0n) is 18.7. The van der Waals surface area contributed by atoms with Crippen molar-refractivity contribution in [2.75, 3.05) is 25.5 Å². The number of amides is 1. The number of halogens is 2. The summed E-state index contributed by atoms with van der Waals surface area (Å²) in [7, 11) is 3.83. The van der Waals surface area contributed by atoms with Gasteiger partial charge in [-0.25, -0.2) is 9.37 Å². The number of rotatable bonds is 3. The third-order valence-electron chi connectivity index (χ3n) is 6.32. The number of hydrogen-bond acceptors (Lipinski definition) is 3. The quantitative estimate of drug-likeness (QED) is 0.356. The van der Waals surface area contributed by atoms with Gasteiger partial charge in [0.1, 0.15) is 5.82 Å². The van der Waals surface area contributed by atoms with Crippen LogP contribution < -0.4 is 4.90 Å². The van der Waals surface area contributed by atoms with E-state index in [1.807, 2.05) is 46.5 Å². The van der Waals surface area contributed by atoms with Crippen molar-refractivity contribution in [2.45, 2.75) is 19.4 Å². The third kappa shape index (κ3) is 3.80. The predicted molar refractivity (Wildman–Crippen MR) is 132 cm³/mol. The van der Waals surface area contributed by atoms with Gasteiger partial charge in [0.25, 0.3) is 5.91 Å². The van der Waals surface area contributed by atoms with E-state index in [-0.39, 0.29) is 17.8 Å². The minimum absolute atomic E-state index is 0.00355. The summed E-state index contributed by atoms with van der Waals surface area (Å²) in [5, 5.41) is 0. The highest BCUT2D eigenvalue weighted by molar-refractivity contribution is 9.10. The van der Waals surface area contributed by atoms with Gasteiger partial charge in [-0.2, -0.15) is 0 Å². The third-order valence-corrected chi connectivity index (χ3v) is 6.82. The molecular formula is C26H24BrFN4O. The van der Waals surface area contributed by atoms with Gasteiger partial charge in [0.15, 0.2) is 5.65 Å². The molecule has 0 fully saturated rings. The first-order chi connectivity index (χ1) is 15.8. The molecule has 5 rings (SSSR count). The number of hydrogen-bond donors (Lipinski definition) is 0. The number of nitrogens with zero attached hydrogens (tertiary/aromatic N) is 4. The molecule has 5 nitrogen and oxygen atoms in total. The normalized spacial score (nSPS) is 15.5. The van der Waals surface area contributed by atoms with Crippen molar-refractivity contribution >= 4 is 33.2 Å². The molecule has 0 N–H and O–H groups in total. The first-order valence-electron chi connectivity index (χ1n) is 10.9. The lowest BCUT2D eigenvalue weighted by atomic mass is 9.93. The molecule has 1 aliphatic heterocycles. The number of carbonyl (C=O) groups excluding carboxylic acids is 1. The lowest BCUT2D eigenvalue weighted by Gasteiger charge is -2.35. The molecule has 1 atom stereocenters. The first-order valence-corrected chi connectivity index (χ1v) is 11.7. The number of imidazole rings is 1. The summed E-state index contributed by atoms with van der Waals surface area (Å²) in [6.45, 7) is 2.75. The van der Waals surface area contributed by atoms with Crippen molar-refractivity contribution < 1.29 is 9.18 Å². The number of benzene rings is 2. The summed E-state index contributed by atoms with van der Waals surface area (Å²) in [6, 6.07) is 15.1. The van der Waals surface area contributed by atoms with Gasteiger partial charge < -0.3 is 14.2 Å². The second-order valence-corrected chi connectivity index (χ2v) is 9.53. The predicted octanol–water partition coefficient (Wildman–Crippen LogP) is 5.73. The molecular weight excluding hydrogens is 483 g/mol. The zero-order valence-corrected chi connectivity index (χ0v) is 20.3. The fraction of sp³-hybridized carbons (Fsp3) is 0.231. The van der Waals surface area contributed by atoms with Crippen molar-refractivity contribution in [3.8, 4) is 11.3 Å². The Balaban J connectivity index is 1.57. The van der Waals surface area contributed by atoms with Crippen molar-refractivity contribution in [1.29, 1.82) is 0 Å². The number of anilines is 1. The highest BCUT2D eigenvalue weighted by Crippen LogP contribution is 2.32. The van der Waals surface area contributed by atoms with Crippen LogP contribution in [0.2, 0.25) is 0 Å². The van der Waals surface area contributed by atoms with Crippen LogP contribution in [-0.4, -0.2) is 40.8 Å². The molecule has 7 heteroatoms. The number of fused-ring (bicyclic) bond motifs is 2. The Morgan fingerprint density at radius 3 is 2.70 bits per heavy atom. The summed E-state index contributed by atoms with van der Waals surface area (Å²) in [6.07, 6.45) is 4.42. The second kappa shape index (κ2) is 8.30. The molecule has 1 unspecified atom stereocenters. The van der Waals surface area contributed by atoms with E-state index in [0.29, 0.717) is 33.5 Å². The fourth-order valence-electron chi connectivity index (χ4n) is 4.57. The summed E-state index contributed by atoms with van der Waals surface area (Å²) in [5.41, 5.74) is 5.49. The lowest BCUT2D eigenvalue weighted by molar-refractivity contribution is 0.0677. The van der Waals surface area contributed by atoms with Gasteiger partial charge in [-0.05, 0) is 48.7 Å². The molecule has 0 aliphatic carbocycles. The van der Waals surface area contributed by atoms with Gasteiger partial charge in [-0.1, -0.05) is 40.2 Å². The molecule has 0 saturated carbocycles. The molecule has 0 bridgehead atoms. The summed E-state index contributed by atoms with van der Waals surface area (Å²) < 4.78 is 17.1. The minimum Gasteiger partial charge on any atom is -0.375 e. The fourth-order valence-corrected chi connectivity index (χ4v) is 4.90. The van der Waals surface area contributed by atoms with Gasteiger partial charge in [0.2, 0.25) is 0 Å². The van der Waals surface area contributed by atoms with Crippen LogP contribution in [0.3, 0.4) is 0 Å². The Bertz CT molecular complexity index is 1380. The molecule has 2 aromatic heterocycles. The topological polar surface area (TPSA) is 40.9 Å². The Kier molecular flexibility index (Phi) is 5.44. The number of aromatic nitrogens is 2. The average molecular weight is 507 g/mol. The van der Waals surface area contributed by atoms with E-state index in [1.54, 1.807) is 24.5 Å². The molecule has 1 aliphatic rings. The molecule has 1 amide bonds. The van der Waals surface area contributed by atoms with Gasteiger partial charge >= 0.3 is 0 Å². The molecule has 2 aromatic carbocycles. The van der Waals surface area contributed by atoms with E-state index in [0.717, 1.165) is 12.1 Å². The molecule has 0 saturated heterocycles. The van der Waals surface area contributed by atoms with E-state index < -0.39 is 0 Å². The Morgan fingerprint density at radius 2 is 1.94 bits per heavy atom. The van der Waals surface area contributed by atoms with Crippen LogP contribution in [-0.2, 0) is 6.42 Å². The Morgan fingerprint density at radius 1 is 1.15 bits per heavy atom. The molecule has 3 heterocycles. The molecule has 33 heavy (non-hydrogen) atoms. The number of pyridine rings is 1. The standard InChI is InChI=1S/C26H24BrFN4O/c1-16-20-7-5-4-6-17(20)10-11-32(16)26(33)18-12-24(30(2)3)25-29-23(15-31(25)14-18)21-9-8-19(27)13-22(21)28/h4-9,12-16H,10-11H2,1-3H3. The van der Waals surface area contributed by atoms with Crippen LogP contribution in [0.1, 0.15) is 34.5 Å². The summed E-state index contributed by atoms with van der Waals surface area (Å²) in [4.78, 5) is 22.2. The lowest BCUT2D eigenvalue weighted by Crippen LogP contribution is -2.39. The van der Waals surface area contributed by atoms with E-state index in [4.69, 9.17) is 4.98 Å². The molecule has 4 aromatic rings. The Hall–Kier alpha value is -3.19. The van der Waals surface area contributed by atoms with Gasteiger partial charge in [0.05, 0.1) is 23.0 Å². The van der Waals surface area contributed by atoms with Crippen LogP contribution >= 0.6 is 15.9 Å². The van der Waals surface area contributed by atoms with Crippen LogP contribution in [0.15, 0.2) is 65.4 Å². The highest BCUT2D eigenvalue weighted by atomic mass is 79.9. The maximum atomic E-state index is 14.6. The summed E-state index contributed by atoms with van der Waals surface area (Å²) >= 11 is 3.30. The van der Waals surface area contributed by atoms with Crippen molar-refractivity contribution in [3.05, 3.63) is 87.9 Å².